The van der Waals surface area contributed by atoms with Crippen LogP contribution in [0.1, 0.15) is 57.4 Å². The van der Waals surface area contributed by atoms with Crippen molar-refractivity contribution < 1.29 is 28.8 Å². The maximum atomic E-state index is 10.9. The van der Waals surface area contributed by atoms with Crippen molar-refractivity contribution in [3.05, 3.63) is 35.9 Å². The predicted molar refractivity (Wildman–Crippen MR) is 110 cm³/mol. The molecule has 1 N–H and O–H groups in total. The largest absolute Gasteiger partial charge is 0.390 e. The van der Waals surface area contributed by atoms with Crippen LogP contribution in [0.3, 0.4) is 0 Å². The molecule has 6 nitrogen and oxygen atoms in total. The third-order valence-corrected chi connectivity index (χ3v) is 7.19. The van der Waals surface area contributed by atoms with Crippen LogP contribution in [0, 0.1) is 5.92 Å². The number of fused-ring (bicyclic) bond motifs is 2. The average Bonchev–Trinajstić information content (AvgIpc) is 2.77. The highest BCUT2D eigenvalue weighted by atomic mass is 16.8. The fraction of sp³-hybridized carbons (Fsp3) is 0.750. The van der Waals surface area contributed by atoms with E-state index in [9.17, 15) is 5.11 Å². The zero-order valence-corrected chi connectivity index (χ0v) is 17.8. The lowest BCUT2D eigenvalue weighted by Crippen LogP contribution is -2.74. The molecule has 0 aromatic heterocycles. The first kappa shape index (κ1) is 20.9. The lowest BCUT2D eigenvalue weighted by Gasteiger charge is -2.61. The third-order valence-electron chi connectivity index (χ3n) is 7.19. The Kier molecular flexibility index (Phi) is 5.90. The summed E-state index contributed by atoms with van der Waals surface area (Å²) in [6.45, 7) is 3.90. The van der Waals surface area contributed by atoms with E-state index < -0.39 is 23.8 Å². The molecule has 3 heterocycles. The summed E-state index contributed by atoms with van der Waals surface area (Å²) in [5.74, 6) is -1.70. The Balaban J connectivity index is 1.42. The minimum absolute atomic E-state index is 0.149. The zero-order chi connectivity index (χ0) is 20.6. The summed E-state index contributed by atoms with van der Waals surface area (Å²) in [7, 11) is 0. The van der Waals surface area contributed by atoms with Crippen LogP contribution in [0.5, 0.6) is 0 Å². The highest BCUT2D eigenvalue weighted by Gasteiger charge is 2.66. The van der Waals surface area contributed by atoms with Crippen molar-refractivity contribution in [1.29, 1.82) is 0 Å². The van der Waals surface area contributed by atoms with Crippen LogP contribution in [-0.2, 0) is 30.3 Å². The van der Waals surface area contributed by atoms with E-state index >= 15 is 0 Å². The van der Waals surface area contributed by atoms with Crippen LogP contribution in [0.15, 0.2) is 30.3 Å². The van der Waals surface area contributed by atoms with Gasteiger partial charge >= 0.3 is 0 Å². The van der Waals surface area contributed by atoms with Gasteiger partial charge in [-0.1, -0.05) is 37.3 Å². The molecule has 2 spiro atoms. The van der Waals surface area contributed by atoms with Gasteiger partial charge in [0.25, 0.3) is 0 Å². The summed E-state index contributed by atoms with van der Waals surface area (Å²) in [6, 6.07) is 10.2. The molecule has 4 fully saturated rings. The van der Waals surface area contributed by atoms with Crippen LogP contribution in [0.2, 0.25) is 0 Å². The second kappa shape index (κ2) is 8.49. The first-order chi connectivity index (χ1) is 14.6. The summed E-state index contributed by atoms with van der Waals surface area (Å²) in [5.41, 5.74) is 1.12. The van der Waals surface area contributed by atoms with Gasteiger partial charge < -0.3 is 28.8 Å². The molecule has 0 bridgehead atoms. The van der Waals surface area contributed by atoms with E-state index in [2.05, 4.69) is 19.1 Å². The number of benzene rings is 1. The van der Waals surface area contributed by atoms with E-state index in [4.69, 9.17) is 23.7 Å². The minimum atomic E-state index is -0.932. The highest BCUT2D eigenvalue weighted by Crippen LogP contribution is 2.52. The van der Waals surface area contributed by atoms with Crippen LogP contribution in [0.4, 0.5) is 0 Å². The molecule has 1 aliphatic carbocycles. The van der Waals surface area contributed by atoms with Crippen LogP contribution in [-0.4, -0.2) is 54.3 Å². The predicted octanol–water partition coefficient (Wildman–Crippen LogP) is 3.55. The maximum Gasteiger partial charge on any atom is 0.224 e. The Hall–Kier alpha value is -1.02. The van der Waals surface area contributed by atoms with Gasteiger partial charge in [-0.05, 0) is 43.6 Å². The molecule has 0 unspecified atom stereocenters. The van der Waals surface area contributed by atoms with E-state index in [0.717, 1.165) is 44.1 Å². The van der Waals surface area contributed by atoms with Crippen molar-refractivity contribution >= 4 is 0 Å². The fourth-order valence-corrected chi connectivity index (χ4v) is 5.63. The van der Waals surface area contributed by atoms with Crippen molar-refractivity contribution in [2.45, 2.75) is 94.5 Å². The van der Waals surface area contributed by atoms with Gasteiger partial charge in [0.2, 0.25) is 11.6 Å². The van der Waals surface area contributed by atoms with Crippen molar-refractivity contribution in [3.8, 4) is 0 Å². The standard InChI is InChI=1S/C24H34O6/c1-17-15-19(25)21-22(20(17)26-16-18-9-3-2-4-10-18)30-24(12-6-8-14-28-24)23(29-21)11-5-7-13-27-23/h2-4,9-10,17,19-22,25H,5-8,11-16H2,1H3/t17-,19-,20-,21-,22-,23+,24+/m1/s1. The summed E-state index contributed by atoms with van der Waals surface area (Å²) in [4.78, 5) is 0. The average molecular weight is 419 g/mol. The Bertz CT molecular complexity index is 697. The number of hydrogen-bond acceptors (Lipinski definition) is 6. The van der Waals surface area contributed by atoms with E-state index in [1.807, 2.05) is 18.2 Å². The van der Waals surface area contributed by atoms with Gasteiger partial charge in [0.1, 0.15) is 12.2 Å². The molecule has 166 valence electrons. The molecule has 7 atom stereocenters. The number of aliphatic hydroxyl groups is 1. The number of hydrogen-bond donors (Lipinski definition) is 1. The first-order valence-corrected chi connectivity index (χ1v) is 11.6. The molecule has 1 saturated carbocycles. The van der Waals surface area contributed by atoms with Crippen LogP contribution in [0.25, 0.3) is 0 Å². The Labute approximate surface area is 178 Å². The van der Waals surface area contributed by atoms with Gasteiger partial charge in [-0.15, -0.1) is 0 Å². The van der Waals surface area contributed by atoms with Crippen LogP contribution < -0.4 is 0 Å². The van der Waals surface area contributed by atoms with Gasteiger partial charge in [-0.25, -0.2) is 0 Å². The summed E-state index contributed by atoms with van der Waals surface area (Å²) < 4.78 is 32.4. The molecule has 0 amide bonds. The third kappa shape index (κ3) is 3.61. The van der Waals surface area contributed by atoms with E-state index in [1.165, 1.54) is 0 Å². The number of aliphatic hydroxyl groups excluding tert-OH is 1. The smallest absolute Gasteiger partial charge is 0.224 e. The lowest BCUT2D eigenvalue weighted by molar-refractivity contribution is -0.496. The topological polar surface area (TPSA) is 66.4 Å². The number of ether oxygens (including phenoxy) is 5. The molecular formula is C24H34O6. The summed E-state index contributed by atoms with van der Waals surface area (Å²) in [5, 5.41) is 10.9. The highest BCUT2D eigenvalue weighted by molar-refractivity contribution is 5.14. The summed E-state index contributed by atoms with van der Waals surface area (Å²) in [6.07, 6.45) is 4.49. The molecule has 1 aromatic carbocycles. The van der Waals surface area contributed by atoms with Gasteiger partial charge in [-0.3, -0.25) is 0 Å². The van der Waals surface area contributed by atoms with Crippen molar-refractivity contribution in [3.63, 3.8) is 0 Å². The molecule has 3 aliphatic heterocycles. The molecule has 1 aromatic rings. The monoisotopic (exact) mass is 418 g/mol. The molecule has 4 aliphatic rings. The lowest BCUT2D eigenvalue weighted by atomic mass is 9.78. The van der Waals surface area contributed by atoms with Crippen LogP contribution >= 0.6 is 0 Å². The van der Waals surface area contributed by atoms with Gasteiger partial charge in [0.15, 0.2) is 0 Å². The Morgan fingerprint density at radius 1 is 0.933 bits per heavy atom. The second-order valence-electron chi connectivity index (χ2n) is 9.32. The normalized spacial score (nSPS) is 44.1. The van der Waals surface area contributed by atoms with E-state index in [1.54, 1.807) is 0 Å². The quantitative estimate of drug-likeness (QED) is 0.810. The molecule has 30 heavy (non-hydrogen) atoms. The molecule has 0 radical (unpaired) electrons. The van der Waals surface area contributed by atoms with Crippen molar-refractivity contribution in [1.82, 2.24) is 0 Å². The summed E-state index contributed by atoms with van der Waals surface area (Å²) >= 11 is 0. The second-order valence-corrected chi connectivity index (χ2v) is 9.32. The van der Waals surface area contributed by atoms with Gasteiger partial charge in [0, 0.05) is 12.8 Å². The first-order valence-electron chi connectivity index (χ1n) is 11.6. The van der Waals surface area contributed by atoms with Gasteiger partial charge in [-0.2, -0.15) is 0 Å². The molecule has 5 rings (SSSR count). The maximum absolute atomic E-state index is 10.9. The number of rotatable bonds is 3. The SMILES string of the molecule is C[C@@H]1C[C@@H](O)[C@H]2O[C@@]3(CCCCO3)[C@]3(CCCCO3)O[C@@H]2[C@@H]1OCc1ccccc1. The van der Waals surface area contributed by atoms with Crippen molar-refractivity contribution in [2.24, 2.45) is 5.92 Å². The Morgan fingerprint density at radius 3 is 2.17 bits per heavy atom. The minimum Gasteiger partial charge on any atom is -0.390 e. The molecular weight excluding hydrogens is 384 g/mol. The van der Waals surface area contributed by atoms with E-state index in [-0.39, 0.29) is 18.1 Å². The fourth-order valence-electron chi connectivity index (χ4n) is 5.63. The van der Waals surface area contributed by atoms with E-state index in [0.29, 0.717) is 26.2 Å². The Morgan fingerprint density at radius 2 is 1.57 bits per heavy atom. The molecule has 3 saturated heterocycles. The van der Waals surface area contributed by atoms with Crippen molar-refractivity contribution in [2.75, 3.05) is 13.2 Å². The zero-order valence-electron chi connectivity index (χ0n) is 17.8. The van der Waals surface area contributed by atoms with Gasteiger partial charge in [0.05, 0.1) is 32.0 Å². The molecule has 6 heteroatoms.